The van der Waals surface area contributed by atoms with Crippen LogP contribution in [0.4, 0.5) is 0 Å². The zero-order valence-electron chi connectivity index (χ0n) is 10.9. The topological polar surface area (TPSA) is 53.1 Å². The molecule has 19 heavy (non-hydrogen) atoms. The van der Waals surface area contributed by atoms with Gasteiger partial charge in [0.2, 0.25) is 0 Å². The van der Waals surface area contributed by atoms with Crippen LogP contribution in [0.15, 0.2) is 30.3 Å². The van der Waals surface area contributed by atoms with Gasteiger partial charge >= 0.3 is 5.97 Å². The SMILES string of the molecule is CC1CCCc2c1[nH]c(C(=O)O)c2-c1ccccc1. The first-order valence-electron chi connectivity index (χ1n) is 6.72. The van der Waals surface area contributed by atoms with Crippen LogP contribution in [-0.4, -0.2) is 16.1 Å². The molecule has 3 rings (SSSR count). The summed E-state index contributed by atoms with van der Waals surface area (Å²) in [5.41, 5.74) is 4.52. The lowest BCUT2D eigenvalue weighted by Gasteiger charge is -2.19. The van der Waals surface area contributed by atoms with Gasteiger partial charge in [-0.2, -0.15) is 0 Å². The smallest absolute Gasteiger partial charge is 0.352 e. The third kappa shape index (κ3) is 1.95. The minimum atomic E-state index is -0.875. The van der Waals surface area contributed by atoms with Crippen molar-refractivity contribution in [3.05, 3.63) is 47.3 Å². The van der Waals surface area contributed by atoms with Crippen LogP contribution in [0.2, 0.25) is 0 Å². The fourth-order valence-electron chi connectivity index (χ4n) is 3.05. The molecule has 98 valence electrons. The van der Waals surface area contributed by atoms with E-state index in [9.17, 15) is 9.90 Å². The number of aromatic carboxylic acids is 1. The molecule has 0 radical (unpaired) electrons. The Hall–Kier alpha value is -2.03. The molecule has 0 saturated carbocycles. The van der Waals surface area contributed by atoms with Gasteiger partial charge in [-0.1, -0.05) is 37.3 Å². The number of aromatic nitrogens is 1. The highest BCUT2D eigenvalue weighted by Crippen LogP contribution is 2.39. The Labute approximate surface area is 112 Å². The number of rotatable bonds is 2. The number of H-pyrrole nitrogens is 1. The summed E-state index contributed by atoms with van der Waals surface area (Å²) < 4.78 is 0. The van der Waals surface area contributed by atoms with E-state index in [0.29, 0.717) is 11.6 Å². The standard InChI is InChI=1S/C16H17NO2/c1-10-6-5-9-12-13(11-7-3-2-4-8-11)15(16(18)19)17-14(10)12/h2-4,7-8,10,17H,5-6,9H2,1H3,(H,18,19). The number of benzene rings is 1. The monoisotopic (exact) mass is 255 g/mol. The van der Waals surface area contributed by atoms with Crippen molar-refractivity contribution >= 4 is 5.97 Å². The number of aromatic amines is 1. The fourth-order valence-corrected chi connectivity index (χ4v) is 3.05. The predicted octanol–water partition coefficient (Wildman–Crippen LogP) is 3.82. The molecule has 3 heteroatoms. The molecule has 0 saturated heterocycles. The Kier molecular flexibility index (Phi) is 2.90. The average molecular weight is 255 g/mol. The van der Waals surface area contributed by atoms with Gasteiger partial charge in [-0.15, -0.1) is 0 Å². The summed E-state index contributed by atoms with van der Waals surface area (Å²) >= 11 is 0. The van der Waals surface area contributed by atoms with Crippen molar-refractivity contribution in [2.75, 3.05) is 0 Å². The summed E-state index contributed by atoms with van der Waals surface area (Å²) in [4.78, 5) is 14.6. The van der Waals surface area contributed by atoms with Gasteiger partial charge in [0.25, 0.3) is 0 Å². The van der Waals surface area contributed by atoms with Crippen LogP contribution in [0, 0.1) is 0 Å². The molecule has 1 heterocycles. The van der Waals surface area contributed by atoms with E-state index >= 15 is 0 Å². The molecule has 0 bridgehead atoms. The first kappa shape index (κ1) is 12.0. The zero-order valence-corrected chi connectivity index (χ0v) is 10.9. The van der Waals surface area contributed by atoms with Crippen molar-refractivity contribution in [2.24, 2.45) is 0 Å². The van der Waals surface area contributed by atoms with Gasteiger partial charge in [0.05, 0.1) is 0 Å². The van der Waals surface area contributed by atoms with Crippen LogP contribution in [0.25, 0.3) is 11.1 Å². The normalized spacial score (nSPS) is 18.1. The maximum absolute atomic E-state index is 11.5. The molecular weight excluding hydrogens is 238 g/mol. The van der Waals surface area contributed by atoms with E-state index in [-0.39, 0.29) is 0 Å². The second-order valence-corrected chi connectivity index (χ2v) is 5.23. The Bertz CT molecular complexity index is 613. The van der Waals surface area contributed by atoms with Crippen molar-refractivity contribution in [3.63, 3.8) is 0 Å². The first-order valence-corrected chi connectivity index (χ1v) is 6.72. The van der Waals surface area contributed by atoms with Gasteiger partial charge in [-0.3, -0.25) is 0 Å². The molecule has 2 aromatic rings. The average Bonchev–Trinajstić information content (AvgIpc) is 2.81. The predicted molar refractivity (Wildman–Crippen MR) is 74.5 cm³/mol. The highest BCUT2D eigenvalue weighted by molar-refractivity contribution is 5.96. The van der Waals surface area contributed by atoms with Crippen LogP contribution < -0.4 is 0 Å². The van der Waals surface area contributed by atoms with E-state index in [1.54, 1.807) is 0 Å². The quantitative estimate of drug-likeness (QED) is 0.857. The van der Waals surface area contributed by atoms with Crippen LogP contribution in [0.1, 0.15) is 47.4 Å². The molecule has 1 aliphatic rings. The van der Waals surface area contributed by atoms with Crippen molar-refractivity contribution in [2.45, 2.75) is 32.1 Å². The lowest BCUT2D eigenvalue weighted by atomic mass is 9.86. The second kappa shape index (κ2) is 4.57. The van der Waals surface area contributed by atoms with Crippen molar-refractivity contribution in [3.8, 4) is 11.1 Å². The van der Waals surface area contributed by atoms with Gasteiger partial charge in [-0.05, 0) is 36.3 Å². The third-order valence-corrected chi connectivity index (χ3v) is 3.97. The molecular formula is C16H17NO2. The number of carboxylic acids is 1. The van der Waals surface area contributed by atoms with E-state index in [0.717, 1.165) is 36.1 Å². The van der Waals surface area contributed by atoms with Gasteiger partial charge in [0.1, 0.15) is 5.69 Å². The van der Waals surface area contributed by atoms with E-state index in [1.807, 2.05) is 30.3 Å². The Morgan fingerprint density at radius 2 is 2.05 bits per heavy atom. The molecule has 1 atom stereocenters. The number of fused-ring (bicyclic) bond motifs is 1. The number of carbonyl (C=O) groups is 1. The van der Waals surface area contributed by atoms with Crippen LogP contribution >= 0.6 is 0 Å². The van der Waals surface area contributed by atoms with E-state index in [4.69, 9.17) is 0 Å². The maximum atomic E-state index is 11.5. The van der Waals surface area contributed by atoms with E-state index < -0.39 is 5.97 Å². The Morgan fingerprint density at radius 3 is 2.74 bits per heavy atom. The molecule has 1 aromatic heterocycles. The van der Waals surface area contributed by atoms with Gasteiger partial charge in [0, 0.05) is 11.3 Å². The van der Waals surface area contributed by atoms with E-state index in [2.05, 4.69) is 11.9 Å². The summed E-state index contributed by atoms with van der Waals surface area (Å²) in [5, 5.41) is 9.43. The lowest BCUT2D eigenvalue weighted by molar-refractivity contribution is 0.0692. The fraction of sp³-hybridized carbons (Fsp3) is 0.312. The van der Waals surface area contributed by atoms with Crippen molar-refractivity contribution in [1.82, 2.24) is 4.98 Å². The minimum Gasteiger partial charge on any atom is -0.477 e. The first-order chi connectivity index (χ1) is 9.18. The largest absolute Gasteiger partial charge is 0.477 e. The lowest BCUT2D eigenvalue weighted by Crippen LogP contribution is -2.06. The maximum Gasteiger partial charge on any atom is 0.352 e. The van der Waals surface area contributed by atoms with E-state index in [1.165, 1.54) is 5.56 Å². The highest BCUT2D eigenvalue weighted by Gasteiger charge is 2.27. The second-order valence-electron chi connectivity index (χ2n) is 5.23. The molecule has 0 amide bonds. The Balaban J connectivity index is 2.25. The number of nitrogens with one attached hydrogen (secondary N) is 1. The van der Waals surface area contributed by atoms with Crippen LogP contribution in [0.3, 0.4) is 0 Å². The summed E-state index contributed by atoms with van der Waals surface area (Å²) in [6, 6.07) is 9.81. The molecule has 1 aliphatic carbocycles. The van der Waals surface area contributed by atoms with Crippen molar-refractivity contribution in [1.29, 1.82) is 0 Å². The molecule has 2 N–H and O–H groups in total. The molecule has 3 nitrogen and oxygen atoms in total. The molecule has 1 unspecified atom stereocenters. The minimum absolute atomic E-state index is 0.338. The summed E-state index contributed by atoms with van der Waals surface area (Å²) in [6.45, 7) is 2.16. The molecule has 0 spiro atoms. The number of hydrogen-bond acceptors (Lipinski definition) is 1. The van der Waals surface area contributed by atoms with Gasteiger partial charge < -0.3 is 10.1 Å². The summed E-state index contributed by atoms with van der Waals surface area (Å²) in [6.07, 6.45) is 3.22. The van der Waals surface area contributed by atoms with Crippen LogP contribution in [0.5, 0.6) is 0 Å². The van der Waals surface area contributed by atoms with Gasteiger partial charge in [0.15, 0.2) is 0 Å². The van der Waals surface area contributed by atoms with Gasteiger partial charge in [-0.25, -0.2) is 4.79 Å². The summed E-state index contributed by atoms with van der Waals surface area (Å²) in [5.74, 6) is -0.459. The zero-order chi connectivity index (χ0) is 13.4. The Morgan fingerprint density at radius 1 is 1.32 bits per heavy atom. The highest BCUT2D eigenvalue weighted by atomic mass is 16.4. The number of carboxylic acid groups (broad SMARTS) is 1. The third-order valence-electron chi connectivity index (χ3n) is 3.97. The summed E-state index contributed by atoms with van der Waals surface area (Å²) in [7, 11) is 0. The van der Waals surface area contributed by atoms with Crippen LogP contribution in [-0.2, 0) is 6.42 Å². The molecule has 0 fully saturated rings. The van der Waals surface area contributed by atoms with Crippen molar-refractivity contribution < 1.29 is 9.90 Å². The molecule has 1 aromatic carbocycles. The number of hydrogen-bond donors (Lipinski definition) is 2. The molecule has 0 aliphatic heterocycles.